The van der Waals surface area contributed by atoms with Crippen molar-refractivity contribution in [2.45, 2.75) is 45.2 Å². The Labute approximate surface area is 107 Å². The molecule has 0 rings (SSSR count). The lowest BCUT2D eigenvalue weighted by Gasteiger charge is -2.11. The van der Waals surface area contributed by atoms with E-state index in [9.17, 15) is 9.59 Å². The first-order valence-corrected chi connectivity index (χ1v) is 5.94. The minimum Gasteiger partial charge on any atom is -0.480 e. The van der Waals surface area contributed by atoms with E-state index < -0.39 is 24.0 Å². The third-order valence-electron chi connectivity index (χ3n) is 2.58. The summed E-state index contributed by atoms with van der Waals surface area (Å²) in [5, 5.41) is 16.6. The van der Waals surface area contributed by atoms with Crippen molar-refractivity contribution in [2.24, 2.45) is 23.1 Å². The molecule has 0 saturated carbocycles. The van der Waals surface area contributed by atoms with Gasteiger partial charge in [-0.2, -0.15) is 0 Å². The highest BCUT2D eigenvalue weighted by molar-refractivity contribution is 5.73. The van der Waals surface area contributed by atoms with Gasteiger partial charge in [-0.05, 0) is 25.3 Å². The Morgan fingerprint density at radius 3 is 1.89 bits per heavy atom. The molecule has 0 unspecified atom stereocenters. The average molecular weight is 263 g/mol. The molecule has 0 heterocycles. The highest BCUT2D eigenvalue weighted by Gasteiger charge is 2.17. The zero-order valence-corrected chi connectivity index (χ0v) is 11.0. The largest absolute Gasteiger partial charge is 0.480 e. The topological polar surface area (TPSA) is 153 Å². The SMILES string of the molecule is CC[C@H](C)[C@H](N)C(=O)O.NCCC[C@@H](N)C(=O)O. The number of carboxylic acids is 2. The predicted octanol–water partition coefficient (Wildman–Crippen LogP) is -0.418. The van der Waals surface area contributed by atoms with Gasteiger partial charge in [0.2, 0.25) is 0 Å². The van der Waals surface area contributed by atoms with E-state index in [4.69, 9.17) is 27.4 Å². The van der Waals surface area contributed by atoms with Crippen LogP contribution in [0.15, 0.2) is 0 Å². The fourth-order valence-corrected chi connectivity index (χ4v) is 0.959. The highest BCUT2D eigenvalue weighted by atomic mass is 16.4. The Morgan fingerprint density at radius 1 is 1.17 bits per heavy atom. The molecule has 18 heavy (non-hydrogen) atoms. The van der Waals surface area contributed by atoms with Crippen LogP contribution in [-0.4, -0.2) is 40.8 Å². The van der Waals surface area contributed by atoms with Crippen LogP contribution >= 0.6 is 0 Å². The standard InChI is InChI=1S/C6H13NO2.C5H12N2O2/c1-3-4(2)5(7)6(8)9;6-3-1-2-4(7)5(8)9/h4-5H,3,7H2,1-2H3,(H,8,9);4H,1-3,6-7H2,(H,8,9)/t4-,5-;4-/m01/s1. The van der Waals surface area contributed by atoms with Crippen molar-refractivity contribution in [2.75, 3.05) is 6.54 Å². The number of aliphatic carboxylic acids is 2. The second kappa shape index (κ2) is 10.9. The minimum atomic E-state index is -0.955. The highest BCUT2D eigenvalue weighted by Crippen LogP contribution is 2.04. The average Bonchev–Trinajstić information content (AvgIpc) is 2.34. The Hall–Kier alpha value is -1.18. The van der Waals surface area contributed by atoms with Crippen molar-refractivity contribution in [1.29, 1.82) is 0 Å². The summed E-state index contributed by atoms with van der Waals surface area (Å²) in [6.45, 7) is 4.26. The molecule has 3 atom stereocenters. The summed E-state index contributed by atoms with van der Waals surface area (Å²) in [7, 11) is 0. The van der Waals surface area contributed by atoms with Crippen LogP contribution in [0.1, 0.15) is 33.1 Å². The van der Waals surface area contributed by atoms with Gasteiger partial charge in [-0.15, -0.1) is 0 Å². The first kappa shape index (κ1) is 19.2. The Kier molecular flexibility index (Phi) is 11.7. The molecule has 7 heteroatoms. The van der Waals surface area contributed by atoms with E-state index in [1.54, 1.807) is 0 Å². The summed E-state index contributed by atoms with van der Waals surface area (Å²) in [6, 6.07) is -1.44. The van der Waals surface area contributed by atoms with Crippen LogP contribution in [0.5, 0.6) is 0 Å². The number of carbonyl (C=O) groups is 2. The van der Waals surface area contributed by atoms with Gasteiger partial charge in [-0.1, -0.05) is 20.3 Å². The lowest BCUT2D eigenvalue weighted by molar-refractivity contribution is -0.140. The van der Waals surface area contributed by atoms with Crippen molar-refractivity contribution >= 4 is 11.9 Å². The van der Waals surface area contributed by atoms with Crippen LogP contribution in [0.25, 0.3) is 0 Å². The van der Waals surface area contributed by atoms with Crippen molar-refractivity contribution < 1.29 is 19.8 Å². The Morgan fingerprint density at radius 2 is 1.67 bits per heavy atom. The number of carboxylic acid groups (broad SMARTS) is 2. The van der Waals surface area contributed by atoms with Crippen molar-refractivity contribution in [1.82, 2.24) is 0 Å². The molecule has 0 saturated heterocycles. The maximum atomic E-state index is 10.2. The normalized spacial score (nSPS) is 14.9. The Balaban J connectivity index is 0. The number of nitrogens with two attached hydrogens (primary N) is 3. The fraction of sp³-hybridized carbons (Fsp3) is 0.818. The van der Waals surface area contributed by atoms with Crippen LogP contribution < -0.4 is 17.2 Å². The predicted molar refractivity (Wildman–Crippen MR) is 69.0 cm³/mol. The fourth-order valence-electron chi connectivity index (χ4n) is 0.959. The molecule has 0 fully saturated rings. The maximum absolute atomic E-state index is 10.2. The second-order valence-corrected chi connectivity index (χ2v) is 4.13. The molecule has 0 radical (unpaired) electrons. The monoisotopic (exact) mass is 263 g/mol. The molecular formula is C11H25N3O4. The first-order valence-electron chi connectivity index (χ1n) is 5.94. The molecule has 0 aliphatic rings. The van der Waals surface area contributed by atoms with E-state index in [-0.39, 0.29) is 5.92 Å². The molecule has 0 aromatic carbocycles. The van der Waals surface area contributed by atoms with E-state index >= 15 is 0 Å². The van der Waals surface area contributed by atoms with Crippen molar-refractivity contribution in [3.63, 3.8) is 0 Å². The van der Waals surface area contributed by atoms with Gasteiger partial charge < -0.3 is 27.4 Å². The lowest BCUT2D eigenvalue weighted by Crippen LogP contribution is -2.36. The third-order valence-corrected chi connectivity index (χ3v) is 2.58. The van der Waals surface area contributed by atoms with E-state index in [0.717, 1.165) is 6.42 Å². The maximum Gasteiger partial charge on any atom is 0.320 e. The van der Waals surface area contributed by atoms with Crippen LogP contribution in [0, 0.1) is 5.92 Å². The van der Waals surface area contributed by atoms with E-state index in [2.05, 4.69) is 0 Å². The van der Waals surface area contributed by atoms with Gasteiger partial charge in [0.25, 0.3) is 0 Å². The van der Waals surface area contributed by atoms with Crippen LogP contribution in [0.4, 0.5) is 0 Å². The van der Waals surface area contributed by atoms with Crippen molar-refractivity contribution in [3.05, 3.63) is 0 Å². The number of rotatable bonds is 7. The molecule has 0 spiro atoms. The van der Waals surface area contributed by atoms with Gasteiger partial charge in [0, 0.05) is 0 Å². The summed E-state index contributed by atoms with van der Waals surface area (Å²) < 4.78 is 0. The molecular weight excluding hydrogens is 238 g/mol. The lowest BCUT2D eigenvalue weighted by atomic mass is 10.0. The quantitative estimate of drug-likeness (QED) is 0.418. The molecule has 0 aromatic heterocycles. The molecule has 0 amide bonds. The summed E-state index contributed by atoms with van der Waals surface area (Å²) >= 11 is 0. The molecule has 108 valence electrons. The second-order valence-electron chi connectivity index (χ2n) is 4.13. The molecule has 0 aromatic rings. The van der Waals surface area contributed by atoms with E-state index in [1.165, 1.54) is 0 Å². The number of hydrogen-bond donors (Lipinski definition) is 5. The number of hydrogen-bond acceptors (Lipinski definition) is 5. The molecule has 7 nitrogen and oxygen atoms in total. The molecule has 8 N–H and O–H groups in total. The van der Waals surface area contributed by atoms with Gasteiger partial charge in [0.15, 0.2) is 0 Å². The minimum absolute atomic E-state index is 0.0718. The van der Waals surface area contributed by atoms with Gasteiger partial charge in [-0.25, -0.2) is 0 Å². The van der Waals surface area contributed by atoms with Gasteiger partial charge in [0.1, 0.15) is 12.1 Å². The van der Waals surface area contributed by atoms with Crippen LogP contribution in [0.2, 0.25) is 0 Å². The van der Waals surface area contributed by atoms with Gasteiger partial charge in [-0.3, -0.25) is 9.59 Å². The van der Waals surface area contributed by atoms with Crippen molar-refractivity contribution in [3.8, 4) is 0 Å². The van der Waals surface area contributed by atoms with Gasteiger partial charge >= 0.3 is 11.9 Å². The van der Waals surface area contributed by atoms with Crippen LogP contribution in [-0.2, 0) is 9.59 Å². The summed E-state index contributed by atoms with van der Waals surface area (Å²) in [4.78, 5) is 20.2. The summed E-state index contributed by atoms with van der Waals surface area (Å²) in [5.41, 5.74) is 15.5. The third kappa shape index (κ3) is 10.0. The molecule has 0 aliphatic heterocycles. The first-order chi connectivity index (χ1) is 8.27. The molecule has 0 aliphatic carbocycles. The zero-order chi connectivity index (χ0) is 14.7. The van der Waals surface area contributed by atoms with E-state index in [1.807, 2.05) is 13.8 Å². The molecule has 0 bridgehead atoms. The van der Waals surface area contributed by atoms with Crippen LogP contribution in [0.3, 0.4) is 0 Å². The Bertz CT molecular complexity index is 248. The van der Waals surface area contributed by atoms with Gasteiger partial charge in [0.05, 0.1) is 0 Å². The van der Waals surface area contributed by atoms with E-state index in [0.29, 0.717) is 19.4 Å². The summed E-state index contributed by atoms with van der Waals surface area (Å²) in [6.07, 6.45) is 1.95. The zero-order valence-electron chi connectivity index (χ0n) is 11.0. The smallest absolute Gasteiger partial charge is 0.320 e. The summed E-state index contributed by atoms with van der Waals surface area (Å²) in [5.74, 6) is -1.80.